The number of rotatable bonds is 5. The third-order valence-corrected chi connectivity index (χ3v) is 5.85. The summed E-state index contributed by atoms with van der Waals surface area (Å²) in [5.41, 5.74) is 2.56. The number of hydrogen-bond donors (Lipinski definition) is 1. The molecule has 0 bridgehead atoms. The first-order valence-corrected chi connectivity index (χ1v) is 10.6. The van der Waals surface area contributed by atoms with E-state index in [1.165, 1.54) is 19.8 Å². The second kappa shape index (κ2) is 8.33. The number of carbonyl (C=O) groups is 1. The van der Waals surface area contributed by atoms with E-state index in [0.29, 0.717) is 15.9 Å². The third kappa shape index (κ3) is 5.05. The Morgan fingerprint density at radius 3 is 2.44 bits per heavy atom. The van der Waals surface area contributed by atoms with Crippen LogP contribution in [-0.4, -0.2) is 16.1 Å². The number of amides is 1. The van der Waals surface area contributed by atoms with Crippen molar-refractivity contribution in [3.63, 3.8) is 0 Å². The Morgan fingerprint density at radius 2 is 1.80 bits per heavy atom. The summed E-state index contributed by atoms with van der Waals surface area (Å²) in [6, 6.07) is 15.8. The minimum Gasteiger partial charge on any atom is -0.298 e. The van der Waals surface area contributed by atoms with Crippen molar-refractivity contribution in [3.8, 4) is 11.3 Å². The van der Waals surface area contributed by atoms with E-state index in [2.05, 4.69) is 46.7 Å². The molecule has 0 aliphatic rings. The zero-order valence-electron chi connectivity index (χ0n) is 13.8. The molecule has 0 unspecified atom stereocenters. The molecule has 3 rings (SSSR count). The van der Waals surface area contributed by atoms with Crippen LogP contribution in [0.15, 0.2) is 58.8 Å². The van der Waals surface area contributed by atoms with Gasteiger partial charge in [-0.05, 0) is 59.0 Å². The monoisotopic (exact) mass is 480 g/mol. The number of halogens is 1. The fraction of sp³-hybridized carbons (Fsp3) is 0.158. The standard InChI is InChI=1S/C19H17IN2OS2/c1-12(2)25-16-9-5-14(6-10-16)18(23)22-19-21-17(11-24-19)13-3-7-15(20)8-4-13/h3-12H,1-2H3,(H,21,22,23). The van der Waals surface area contributed by atoms with Gasteiger partial charge in [0.1, 0.15) is 0 Å². The van der Waals surface area contributed by atoms with Gasteiger partial charge in [0.25, 0.3) is 5.91 Å². The van der Waals surface area contributed by atoms with Crippen molar-refractivity contribution < 1.29 is 4.79 Å². The maximum Gasteiger partial charge on any atom is 0.257 e. The average molecular weight is 480 g/mol. The molecule has 1 heterocycles. The SMILES string of the molecule is CC(C)Sc1ccc(C(=O)Nc2nc(-c3ccc(I)cc3)cs2)cc1. The predicted octanol–water partition coefficient (Wildman–Crippen LogP) is 6.17. The number of aromatic nitrogens is 1. The molecular weight excluding hydrogens is 463 g/mol. The Labute approximate surface area is 169 Å². The van der Waals surface area contributed by atoms with Gasteiger partial charge in [-0.3, -0.25) is 10.1 Å². The molecule has 25 heavy (non-hydrogen) atoms. The van der Waals surface area contributed by atoms with Crippen LogP contribution in [0.1, 0.15) is 24.2 Å². The van der Waals surface area contributed by atoms with E-state index in [-0.39, 0.29) is 5.91 Å². The van der Waals surface area contributed by atoms with E-state index in [0.717, 1.165) is 11.3 Å². The van der Waals surface area contributed by atoms with E-state index < -0.39 is 0 Å². The molecular formula is C19H17IN2OS2. The van der Waals surface area contributed by atoms with Gasteiger partial charge < -0.3 is 0 Å². The van der Waals surface area contributed by atoms with Crippen molar-refractivity contribution in [2.24, 2.45) is 0 Å². The lowest BCUT2D eigenvalue weighted by Crippen LogP contribution is -2.11. The van der Waals surface area contributed by atoms with Crippen molar-refractivity contribution in [3.05, 3.63) is 63.0 Å². The summed E-state index contributed by atoms with van der Waals surface area (Å²) in [6.07, 6.45) is 0. The van der Waals surface area contributed by atoms with Crippen LogP contribution in [0.2, 0.25) is 0 Å². The number of benzene rings is 2. The van der Waals surface area contributed by atoms with Gasteiger partial charge in [-0.15, -0.1) is 23.1 Å². The lowest BCUT2D eigenvalue weighted by molar-refractivity contribution is 0.102. The summed E-state index contributed by atoms with van der Waals surface area (Å²) in [7, 11) is 0. The molecule has 1 amide bonds. The molecule has 3 aromatic rings. The molecule has 0 aliphatic carbocycles. The highest BCUT2D eigenvalue weighted by atomic mass is 127. The van der Waals surface area contributed by atoms with Crippen molar-refractivity contribution >= 4 is 56.7 Å². The Hall–Kier alpha value is -1.38. The molecule has 0 aliphatic heterocycles. The third-order valence-electron chi connectivity index (χ3n) is 3.35. The first-order valence-electron chi connectivity index (χ1n) is 7.81. The van der Waals surface area contributed by atoms with Crippen LogP contribution >= 0.6 is 45.7 Å². The minimum atomic E-state index is -0.135. The van der Waals surface area contributed by atoms with Crippen LogP contribution < -0.4 is 5.32 Å². The van der Waals surface area contributed by atoms with Crippen LogP contribution in [-0.2, 0) is 0 Å². The van der Waals surface area contributed by atoms with Crippen LogP contribution in [0.5, 0.6) is 0 Å². The number of thiazole rings is 1. The van der Waals surface area contributed by atoms with Crippen LogP contribution in [0.3, 0.4) is 0 Å². The van der Waals surface area contributed by atoms with E-state index in [1.54, 1.807) is 11.8 Å². The van der Waals surface area contributed by atoms with Crippen molar-refractivity contribution in [1.29, 1.82) is 0 Å². The first-order chi connectivity index (χ1) is 12.0. The van der Waals surface area contributed by atoms with E-state index >= 15 is 0 Å². The molecule has 0 radical (unpaired) electrons. The highest BCUT2D eigenvalue weighted by Gasteiger charge is 2.10. The zero-order valence-corrected chi connectivity index (χ0v) is 17.6. The minimum absolute atomic E-state index is 0.135. The van der Waals surface area contributed by atoms with Gasteiger partial charge in [0.15, 0.2) is 5.13 Å². The lowest BCUT2D eigenvalue weighted by Gasteiger charge is -2.06. The van der Waals surface area contributed by atoms with Gasteiger partial charge in [0.05, 0.1) is 5.69 Å². The highest BCUT2D eigenvalue weighted by Crippen LogP contribution is 2.26. The van der Waals surface area contributed by atoms with E-state index in [4.69, 9.17) is 0 Å². The molecule has 6 heteroatoms. The van der Waals surface area contributed by atoms with Crippen molar-refractivity contribution in [1.82, 2.24) is 4.98 Å². The van der Waals surface area contributed by atoms with Gasteiger partial charge in [0.2, 0.25) is 0 Å². The van der Waals surface area contributed by atoms with Gasteiger partial charge in [0, 0.05) is 30.2 Å². The second-order valence-corrected chi connectivity index (χ2v) is 9.44. The van der Waals surface area contributed by atoms with E-state index in [9.17, 15) is 4.79 Å². The number of hydrogen-bond acceptors (Lipinski definition) is 4. The molecule has 2 aromatic carbocycles. The normalized spacial score (nSPS) is 10.9. The fourth-order valence-corrected chi connectivity index (χ4v) is 4.12. The average Bonchev–Trinajstić information content (AvgIpc) is 3.04. The van der Waals surface area contributed by atoms with Crippen LogP contribution in [0.25, 0.3) is 11.3 Å². The Balaban J connectivity index is 1.68. The molecule has 1 aromatic heterocycles. The quantitative estimate of drug-likeness (QED) is 0.351. The highest BCUT2D eigenvalue weighted by molar-refractivity contribution is 14.1. The number of carbonyl (C=O) groups excluding carboxylic acids is 1. The topological polar surface area (TPSA) is 42.0 Å². The van der Waals surface area contributed by atoms with Crippen LogP contribution in [0.4, 0.5) is 5.13 Å². The van der Waals surface area contributed by atoms with Gasteiger partial charge in [-0.1, -0.05) is 26.0 Å². The maximum absolute atomic E-state index is 12.4. The molecule has 0 saturated carbocycles. The molecule has 3 nitrogen and oxygen atoms in total. The fourth-order valence-electron chi connectivity index (χ4n) is 2.21. The smallest absolute Gasteiger partial charge is 0.257 e. The molecule has 1 N–H and O–H groups in total. The largest absolute Gasteiger partial charge is 0.298 e. The van der Waals surface area contributed by atoms with Gasteiger partial charge in [-0.25, -0.2) is 4.98 Å². The molecule has 0 saturated heterocycles. The number of anilines is 1. The van der Waals surface area contributed by atoms with Gasteiger partial charge in [-0.2, -0.15) is 0 Å². The Kier molecular flexibility index (Phi) is 6.14. The maximum atomic E-state index is 12.4. The summed E-state index contributed by atoms with van der Waals surface area (Å²) in [5, 5.41) is 5.97. The molecule has 0 atom stereocenters. The summed E-state index contributed by atoms with van der Waals surface area (Å²) < 4.78 is 1.18. The lowest BCUT2D eigenvalue weighted by atomic mass is 10.2. The number of thioether (sulfide) groups is 1. The summed E-state index contributed by atoms with van der Waals surface area (Å²) in [5.74, 6) is -0.135. The predicted molar refractivity (Wildman–Crippen MR) is 116 cm³/mol. The Bertz CT molecular complexity index is 858. The second-order valence-electron chi connectivity index (χ2n) is 5.69. The van der Waals surface area contributed by atoms with Crippen LogP contribution in [0, 0.1) is 3.57 Å². The number of nitrogens with one attached hydrogen (secondary N) is 1. The molecule has 0 spiro atoms. The molecule has 0 fully saturated rings. The summed E-state index contributed by atoms with van der Waals surface area (Å²) in [6.45, 7) is 4.30. The van der Waals surface area contributed by atoms with Gasteiger partial charge >= 0.3 is 0 Å². The molecule has 128 valence electrons. The van der Waals surface area contributed by atoms with E-state index in [1.807, 2.05) is 53.9 Å². The Morgan fingerprint density at radius 1 is 1.12 bits per heavy atom. The summed E-state index contributed by atoms with van der Waals surface area (Å²) >= 11 is 5.49. The van der Waals surface area contributed by atoms with Crippen molar-refractivity contribution in [2.75, 3.05) is 5.32 Å². The first kappa shape index (κ1) is 18.4. The van der Waals surface area contributed by atoms with Crippen molar-refractivity contribution in [2.45, 2.75) is 24.0 Å². The summed E-state index contributed by atoms with van der Waals surface area (Å²) in [4.78, 5) is 18.1. The number of nitrogens with zero attached hydrogens (tertiary/aromatic N) is 1. The zero-order chi connectivity index (χ0) is 17.8.